The zero-order valence-electron chi connectivity index (χ0n) is 14.2. The Balaban J connectivity index is 1.56. The van der Waals surface area contributed by atoms with Gasteiger partial charge >= 0.3 is 0 Å². The fraction of sp³-hybridized carbons (Fsp3) is 0.529. The molecule has 1 N–H and O–H groups in total. The summed E-state index contributed by atoms with van der Waals surface area (Å²) in [5.41, 5.74) is 0.728. The topological polar surface area (TPSA) is 71.0 Å². The zero-order valence-corrected chi connectivity index (χ0v) is 15.0. The van der Waals surface area contributed by atoms with Crippen LogP contribution < -0.4 is 5.32 Å². The largest absolute Gasteiger partial charge is 0.350 e. The normalized spacial score (nSPS) is 18.5. The fourth-order valence-corrected chi connectivity index (χ4v) is 3.94. The van der Waals surface area contributed by atoms with Gasteiger partial charge in [-0.3, -0.25) is 4.79 Å². The highest BCUT2D eigenvalue weighted by molar-refractivity contribution is 7.17. The van der Waals surface area contributed by atoms with Crippen LogP contribution in [-0.2, 0) is 0 Å². The van der Waals surface area contributed by atoms with Crippen molar-refractivity contribution in [3.8, 4) is 10.8 Å². The van der Waals surface area contributed by atoms with E-state index in [2.05, 4.69) is 32.1 Å². The molecule has 0 unspecified atom stereocenters. The van der Waals surface area contributed by atoms with Crippen molar-refractivity contribution in [2.45, 2.75) is 26.7 Å². The standard InChI is InChI=1S/C17H23N5OS/c1-12-5-3-9-22(11-12)10-8-20-16(23)14-13(2)21-17(24-14)15-18-6-4-7-19-15/h4,6-7,12H,3,5,8-11H2,1-2H3,(H,20,23)/t12-/m1/s1. The number of carbonyl (C=O) groups excluding carboxylic acids is 1. The van der Waals surface area contributed by atoms with Crippen molar-refractivity contribution in [2.24, 2.45) is 5.92 Å². The average Bonchev–Trinajstić information content (AvgIpc) is 2.98. The molecule has 3 heterocycles. The van der Waals surface area contributed by atoms with E-state index in [9.17, 15) is 4.79 Å². The molecule has 1 saturated heterocycles. The number of piperidine rings is 1. The van der Waals surface area contributed by atoms with Crippen molar-refractivity contribution in [3.05, 3.63) is 29.0 Å². The van der Waals surface area contributed by atoms with Crippen molar-refractivity contribution >= 4 is 17.2 Å². The molecule has 24 heavy (non-hydrogen) atoms. The molecule has 1 amide bonds. The molecule has 0 saturated carbocycles. The Morgan fingerprint density at radius 1 is 1.42 bits per heavy atom. The van der Waals surface area contributed by atoms with Gasteiger partial charge in [0.1, 0.15) is 4.88 Å². The van der Waals surface area contributed by atoms with E-state index in [1.165, 1.54) is 24.2 Å². The van der Waals surface area contributed by atoms with E-state index < -0.39 is 0 Å². The van der Waals surface area contributed by atoms with Gasteiger partial charge in [0.15, 0.2) is 10.8 Å². The monoisotopic (exact) mass is 345 g/mol. The van der Waals surface area contributed by atoms with Crippen molar-refractivity contribution in [2.75, 3.05) is 26.2 Å². The lowest BCUT2D eigenvalue weighted by Crippen LogP contribution is -2.40. The number of nitrogens with zero attached hydrogens (tertiary/aromatic N) is 4. The van der Waals surface area contributed by atoms with Crippen LogP contribution in [0.4, 0.5) is 0 Å². The fourth-order valence-electron chi connectivity index (χ4n) is 3.01. The summed E-state index contributed by atoms with van der Waals surface area (Å²) in [7, 11) is 0. The van der Waals surface area contributed by atoms with Crippen LogP contribution in [0.3, 0.4) is 0 Å². The number of thiazole rings is 1. The minimum Gasteiger partial charge on any atom is -0.350 e. The van der Waals surface area contributed by atoms with Gasteiger partial charge in [-0.2, -0.15) is 0 Å². The smallest absolute Gasteiger partial charge is 0.263 e. The number of aryl methyl sites for hydroxylation is 1. The van der Waals surface area contributed by atoms with Crippen molar-refractivity contribution < 1.29 is 4.79 Å². The van der Waals surface area contributed by atoms with Gasteiger partial charge in [-0.05, 0) is 38.3 Å². The molecule has 0 aromatic carbocycles. The minimum absolute atomic E-state index is 0.0581. The van der Waals surface area contributed by atoms with Crippen LogP contribution in [0.25, 0.3) is 10.8 Å². The molecule has 0 spiro atoms. The number of hydrogen-bond donors (Lipinski definition) is 1. The molecule has 2 aromatic heterocycles. The van der Waals surface area contributed by atoms with Crippen molar-refractivity contribution in [3.63, 3.8) is 0 Å². The summed E-state index contributed by atoms with van der Waals surface area (Å²) in [6, 6.07) is 1.76. The van der Waals surface area contributed by atoms with Gasteiger partial charge < -0.3 is 10.2 Å². The molecule has 6 nitrogen and oxygen atoms in total. The molecule has 1 aliphatic heterocycles. The lowest BCUT2D eigenvalue weighted by Gasteiger charge is -2.30. The minimum atomic E-state index is -0.0581. The maximum atomic E-state index is 12.4. The molecule has 0 radical (unpaired) electrons. The first-order chi connectivity index (χ1) is 11.6. The Bertz CT molecular complexity index is 688. The highest BCUT2D eigenvalue weighted by Gasteiger charge is 2.19. The molecule has 1 fully saturated rings. The van der Waals surface area contributed by atoms with Crippen molar-refractivity contribution in [1.82, 2.24) is 25.2 Å². The number of nitrogens with one attached hydrogen (secondary N) is 1. The predicted octanol–water partition coefficient (Wildman–Crippen LogP) is 2.37. The first-order valence-electron chi connectivity index (χ1n) is 8.39. The van der Waals surface area contributed by atoms with E-state index >= 15 is 0 Å². The molecular weight excluding hydrogens is 322 g/mol. The van der Waals surface area contributed by atoms with E-state index in [0.717, 1.165) is 31.2 Å². The third-order valence-electron chi connectivity index (χ3n) is 4.21. The average molecular weight is 345 g/mol. The van der Waals surface area contributed by atoms with E-state index in [0.29, 0.717) is 22.3 Å². The summed E-state index contributed by atoms with van der Waals surface area (Å²) >= 11 is 1.35. The number of rotatable bonds is 5. The number of carbonyl (C=O) groups is 1. The molecule has 3 rings (SSSR count). The van der Waals surface area contributed by atoms with E-state index in [4.69, 9.17) is 0 Å². The maximum absolute atomic E-state index is 12.4. The summed E-state index contributed by atoms with van der Waals surface area (Å²) in [5.74, 6) is 1.26. The lowest BCUT2D eigenvalue weighted by atomic mass is 10.0. The van der Waals surface area contributed by atoms with Gasteiger partial charge in [0, 0.05) is 32.0 Å². The molecule has 7 heteroatoms. The second-order valence-corrected chi connectivity index (χ2v) is 7.31. The second-order valence-electron chi connectivity index (χ2n) is 6.31. The highest BCUT2D eigenvalue weighted by Crippen LogP contribution is 2.25. The summed E-state index contributed by atoms with van der Waals surface area (Å²) in [6.07, 6.45) is 5.92. The Morgan fingerprint density at radius 3 is 2.96 bits per heavy atom. The summed E-state index contributed by atoms with van der Waals surface area (Å²) < 4.78 is 0. The summed E-state index contributed by atoms with van der Waals surface area (Å²) in [5, 5.41) is 3.70. The van der Waals surface area contributed by atoms with E-state index in [-0.39, 0.29) is 5.91 Å². The zero-order chi connectivity index (χ0) is 16.9. The van der Waals surface area contributed by atoms with Gasteiger partial charge in [0.25, 0.3) is 5.91 Å². The number of hydrogen-bond acceptors (Lipinski definition) is 6. The van der Waals surface area contributed by atoms with Gasteiger partial charge in [-0.1, -0.05) is 6.92 Å². The highest BCUT2D eigenvalue weighted by atomic mass is 32.1. The number of likely N-dealkylation sites (tertiary alicyclic amines) is 1. The number of amides is 1. The summed E-state index contributed by atoms with van der Waals surface area (Å²) in [6.45, 7) is 7.98. The Labute approximate surface area is 146 Å². The van der Waals surface area contributed by atoms with Crippen LogP contribution >= 0.6 is 11.3 Å². The van der Waals surface area contributed by atoms with Gasteiger partial charge in [-0.25, -0.2) is 15.0 Å². The van der Waals surface area contributed by atoms with Crippen LogP contribution in [0, 0.1) is 12.8 Å². The molecular formula is C17H23N5OS. The van der Waals surface area contributed by atoms with Gasteiger partial charge in [-0.15, -0.1) is 11.3 Å². The van der Waals surface area contributed by atoms with Crippen LogP contribution in [0.5, 0.6) is 0 Å². The van der Waals surface area contributed by atoms with Crippen LogP contribution in [0.15, 0.2) is 18.5 Å². The van der Waals surface area contributed by atoms with Crippen LogP contribution in [-0.4, -0.2) is 51.9 Å². The van der Waals surface area contributed by atoms with Gasteiger partial charge in [0.05, 0.1) is 5.69 Å². The molecule has 0 aliphatic carbocycles. The lowest BCUT2D eigenvalue weighted by molar-refractivity contribution is 0.0947. The SMILES string of the molecule is Cc1nc(-c2ncccn2)sc1C(=O)NCCN1CCC[C@@H](C)C1. The van der Waals surface area contributed by atoms with Gasteiger partial charge in [0.2, 0.25) is 0 Å². The molecule has 1 atom stereocenters. The second kappa shape index (κ2) is 7.81. The molecule has 2 aromatic rings. The Morgan fingerprint density at radius 2 is 2.21 bits per heavy atom. The van der Waals surface area contributed by atoms with Crippen LogP contribution in [0.1, 0.15) is 35.1 Å². The molecule has 0 bridgehead atoms. The quantitative estimate of drug-likeness (QED) is 0.901. The number of aromatic nitrogens is 3. The van der Waals surface area contributed by atoms with Crippen LogP contribution in [0.2, 0.25) is 0 Å². The Hall–Kier alpha value is -1.86. The van der Waals surface area contributed by atoms with E-state index in [1.807, 2.05) is 6.92 Å². The first-order valence-corrected chi connectivity index (χ1v) is 9.20. The van der Waals surface area contributed by atoms with Crippen molar-refractivity contribution in [1.29, 1.82) is 0 Å². The molecule has 1 aliphatic rings. The van der Waals surface area contributed by atoms with E-state index in [1.54, 1.807) is 18.5 Å². The maximum Gasteiger partial charge on any atom is 0.263 e. The molecule has 128 valence electrons. The predicted molar refractivity (Wildman–Crippen MR) is 95.0 cm³/mol. The summed E-state index contributed by atoms with van der Waals surface area (Å²) in [4.78, 5) is 28.3. The first kappa shape index (κ1) is 17.0. The Kier molecular flexibility index (Phi) is 5.52. The third-order valence-corrected chi connectivity index (χ3v) is 5.37. The third kappa shape index (κ3) is 4.15.